The molecule has 110 valence electrons. The molecule has 1 aromatic heterocycles. The Labute approximate surface area is 126 Å². The van der Waals surface area contributed by atoms with Gasteiger partial charge >= 0.3 is 0 Å². The molecule has 4 rings (SSSR count). The number of hydrogen-bond acceptors (Lipinski definition) is 3. The van der Waals surface area contributed by atoms with E-state index in [4.69, 9.17) is 4.98 Å². The van der Waals surface area contributed by atoms with Crippen LogP contribution in [-0.4, -0.2) is 11.0 Å². The topological polar surface area (TPSA) is 24.9 Å². The van der Waals surface area contributed by atoms with Gasteiger partial charge in [-0.1, -0.05) is 20.3 Å². The molecule has 0 spiro atoms. The predicted octanol–water partition coefficient (Wildman–Crippen LogP) is 4.42. The largest absolute Gasteiger partial charge is 0.309 e. The molecule has 1 N–H and O–H groups in total. The average Bonchev–Trinajstić information content (AvgIpc) is 2.89. The Hall–Kier alpha value is -0.410. The van der Waals surface area contributed by atoms with Gasteiger partial charge in [0.2, 0.25) is 0 Å². The van der Waals surface area contributed by atoms with Crippen molar-refractivity contribution in [2.45, 2.75) is 76.8 Å². The molecule has 0 aromatic carbocycles. The van der Waals surface area contributed by atoms with Crippen LogP contribution in [-0.2, 0) is 6.54 Å². The molecule has 1 heterocycles. The van der Waals surface area contributed by atoms with Crippen molar-refractivity contribution in [3.05, 3.63) is 15.6 Å². The molecule has 0 aliphatic heterocycles. The predicted molar refractivity (Wildman–Crippen MR) is 84.3 cm³/mol. The number of thiazole rings is 1. The number of aromatic nitrogens is 1. The van der Waals surface area contributed by atoms with Crippen molar-refractivity contribution in [2.75, 3.05) is 0 Å². The zero-order chi connectivity index (χ0) is 13.7. The first-order chi connectivity index (χ1) is 9.70. The van der Waals surface area contributed by atoms with Crippen molar-refractivity contribution < 1.29 is 0 Å². The molecule has 3 atom stereocenters. The Kier molecular flexibility index (Phi) is 3.38. The van der Waals surface area contributed by atoms with E-state index >= 15 is 0 Å². The Bertz CT molecular complexity index is 489. The molecule has 3 heteroatoms. The van der Waals surface area contributed by atoms with Gasteiger partial charge in [0.05, 0.1) is 10.7 Å². The molecule has 2 bridgehead atoms. The highest BCUT2D eigenvalue weighted by Gasteiger charge is 2.41. The molecule has 3 aliphatic carbocycles. The van der Waals surface area contributed by atoms with E-state index < -0.39 is 0 Å². The maximum Gasteiger partial charge on any atom is 0.0965 e. The van der Waals surface area contributed by atoms with Crippen molar-refractivity contribution >= 4 is 11.3 Å². The standard InChI is InChI=1S/C17H26N2S/c1-10(2)16-15(9-18-13-5-6-13)20-17(19-16)14-8-11-3-4-12(14)7-11/h10-14,18H,3-9H2,1-2H3. The molecule has 3 unspecified atom stereocenters. The minimum atomic E-state index is 0.564. The Balaban J connectivity index is 1.55. The van der Waals surface area contributed by atoms with Crippen LogP contribution in [0.4, 0.5) is 0 Å². The summed E-state index contributed by atoms with van der Waals surface area (Å²) in [5.41, 5.74) is 1.38. The van der Waals surface area contributed by atoms with E-state index in [2.05, 4.69) is 19.2 Å². The summed E-state index contributed by atoms with van der Waals surface area (Å²) in [6, 6.07) is 0.794. The number of rotatable bonds is 5. The van der Waals surface area contributed by atoms with Crippen molar-refractivity contribution in [2.24, 2.45) is 11.8 Å². The fourth-order valence-corrected chi connectivity index (χ4v) is 5.57. The van der Waals surface area contributed by atoms with Gasteiger partial charge < -0.3 is 5.32 Å². The van der Waals surface area contributed by atoms with Gasteiger partial charge in [-0.25, -0.2) is 4.98 Å². The monoisotopic (exact) mass is 290 g/mol. The lowest BCUT2D eigenvalue weighted by atomic mass is 9.89. The van der Waals surface area contributed by atoms with E-state index in [1.807, 2.05) is 11.3 Å². The second-order valence-electron chi connectivity index (χ2n) is 7.45. The first-order valence-corrected chi connectivity index (χ1v) is 9.25. The summed E-state index contributed by atoms with van der Waals surface area (Å²) in [6.45, 7) is 5.64. The first kappa shape index (κ1) is 13.3. The molecular weight excluding hydrogens is 264 g/mol. The fourth-order valence-electron chi connectivity index (χ4n) is 4.19. The minimum Gasteiger partial charge on any atom is -0.309 e. The van der Waals surface area contributed by atoms with Gasteiger partial charge in [-0.05, 0) is 49.9 Å². The van der Waals surface area contributed by atoms with Crippen LogP contribution in [0.2, 0.25) is 0 Å². The number of fused-ring (bicyclic) bond motifs is 2. The zero-order valence-electron chi connectivity index (χ0n) is 12.7. The third-order valence-corrected chi connectivity index (χ3v) is 6.68. The maximum absolute atomic E-state index is 5.09. The van der Waals surface area contributed by atoms with Crippen LogP contribution in [0, 0.1) is 11.8 Å². The average molecular weight is 290 g/mol. The third-order valence-electron chi connectivity index (χ3n) is 5.47. The summed E-state index contributed by atoms with van der Waals surface area (Å²) >= 11 is 2.02. The molecular formula is C17H26N2S. The van der Waals surface area contributed by atoms with E-state index in [0.717, 1.165) is 30.3 Å². The molecule has 0 radical (unpaired) electrons. The van der Waals surface area contributed by atoms with Crippen LogP contribution >= 0.6 is 11.3 Å². The summed E-state index contributed by atoms with van der Waals surface area (Å²) < 4.78 is 0. The molecule has 0 amide bonds. The summed E-state index contributed by atoms with van der Waals surface area (Å²) in [5.74, 6) is 3.33. The van der Waals surface area contributed by atoms with Gasteiger partial charge in [-0.2, -0.15) is 0 Å². The van der Waals surface area contributed by atoms with Crippen molar-refractivity contribution in [1.29, 1.82) is 0 Å². The van der Waals surface area contributed by atoms with E-state index in [9.17, 15) is 0 Å². The Morgan fingerprint density at radius 2 is 2.05 bits per heavy atom. The fraction of sp³-hybridized carbons (Fsp3) is 0.824. The van der Waals surface area contributed by atoms with Crippen molar-refractivity contribution in [3.63, 3.8) is 0 Å². The van der Waals surface area contributed by atoms with Crippen LogP contribution in [0.5, 0.6) is 0 Å². The lowest BCUT2D eigenvalue weighted by molar-refractivity contribution is 0.418. The van der Waals surface area contributed by atoms with Gasteiger partial charge in [0.25, 0.3) is 0 Å². The van der Waals surface area contributed by atoms with Crippen LogP contribution in [0.1, 0.15) is 79.8 Å². The van der Waals surface area contributed by atoms with Crippen LogP contribution < -0.4 is 5.32 Å². The molecule has 0 saturated heterocycles. The number of nitrogens with one attached hydrogen (secondary N) is 1. The second kappa shape index (κ2) is 5.10. The van der Waals surface area contributed by atoms with Crippen molar-refractivity contribution in [1.82, 2.24) is 10.3 Å². The zero-order valence-corrected chi connectivity index (χ0v) is 13.5. The van der Waals surface area contributed by atoms with Crippen LogP contribution in [0.25, 0.3) is 0 Å². The highest BCUT2D eigenvalue weighted by molar-refractivity contribution is 7.11. The van der Waals surface area contributed by atoms with Gasteiger partial charge in [0, 0.05) is 23.4 Å². The highest BCUT2D eigenvalue weighted by atomic mass is 32.1. The maximum atomic E-state index is 5.09. The van der Waals surface area contributed by atoms with Gasteiger partial charge in [-0.15, -0.1) is 11.3 Å². The summed E-state index contributed by atoms with van der Waals surface area (Å²) in [5, 5.41) is 5.14. The Morgan fingerprint density at radius 3 is 2.65 bits per heavy atom. The highest BCUT2D eigenvalue weighted by Crippen LogP contribution is 2.53. The second-order valence-corrected chi connectivity index (χ2v) is 8.57. The first-order valence-electron chi connectivity index (χ1n) is 8.43. The Morgan fingerprint density at radius 1 is 1.20 bits per heavy atom. The molecule has 3 saturated carbocycles. The lowest BCUT2D eigenvalue weighted by Crippen LogP contribution is -2.15. The van der Waals surface area contributed by atoms with Gasteiger partial charge in [0.15, 0.2) is 0 Å². The van der Waals surface area contributed by atoms with Crippen LogP contribution in [0.3, 0.4) is 0 Å². The van der Waals surface area contributed by atoms with E-state index in [0.29, 0.717) is 5.92 Å². The van der Waals surface area contributed by atoms with E-state index in [1.165, 1.54) is 54.1 Å². The summed E-state index contributed by atoms with van der Waals surface area (Å²) in [6.07, 6.45) is 8.59. The normalized spacial score (nSPS) is 32.5. The molecule has 20 heavy (non-hydrogen) atoms. The van der Waals surface area contributed by atoms with E-state index in [-0.39, 0.29) is 0 Å². The minimum absolute atomic E-state index is 0.564. The van der Waals surface area contributed by atoms with Gasteiger partial charge in [0.1, 0.15) is 0 Å². The molecule has 1 aromatic rings. The molecule has 3 fully saturated rings. The smallest absolute Gasteiger partial charge is 0.0965 e. The van der Waals surface area contributed by atoms with Gasteiger partial charge in [-0.3, -0.25) is 0 Å². The van der Waals surface area contributed by atoms with Crippen LogP contribution in [0.15, 0.2) is 0 Å². The molecule has 3 aliphatic rings. The van der Waals surface area contributed by atoms with E-state index in [1.54, 1.807) is 0 Å². The number of hydrogen-bond donors (Lipinski definition) is 1. The number of nitrogens with zero attached hydrogens (tertiary/aromatic N) is 1. The quantitative estimate of drug-likeness (QED) is 0.868. The summed E-state index contributed by atoms with van der Waals surface area (Å²) in [7, 11) is 0. The lowest BCUT2D eigenvalue weighted by Gasteiger charge is -2.19. The van der Waals surface area contributed by atoms with Crippen molar-refractivity contribution in [3.8, 4) is 0 Å². The SMILES string of the molecule is CC(C)c1nc(C2CC3CCC2C3)sc1CNC1CC1. The summed E-state index contributed by atoms with van der Waals surface area (Å²) in [4.78, 5) is 6.61. The molecule has 2 nitrogen and oxygen atoms in total. The third kappa shape index (κ3) is 2.43.